The normalized spacial score (nSPS) is 18.2. The molecule has 4 heteroatoms. The van der Waals surface area contributed by atoms with Gasteiger partial charge in [-0.2, -0.15) is 0 Å². The van der Waals surface area contributed by atoms with Gasteiger partial charge in [-0.15, -0.1) is 23.7 Å². The number of aryl methyl sites for hydroxylation is 1. The molecule has 0 unspecified atom stereocenters. The van der Waals surface area contributed by atoms with Gasteiger partial charge >= 0.3 is 0 Å². The van der Waals surface area contributed by atoms with Crippen LogP contribution in [-0.2, 0) is 6.54 Å². The topological polar surface area (TPSA) is 15.3 Å². The summed E-state index contributed by atoms with van der Waals surface area (Å²) in [6.07, 6.45) is 1.28. The third-order valence-electron chi connectivity index (χ3n) is 2.77. The van der Waals surface area contributed by atoms with Crippen LogP contribution in [-0.4, -0.2) is 31.1 Å². The van der Waals surface area contributed by atoms with Crippen LogP contribution in [0.15, 0.2) is 11.4 Å². The summed E-state index contributed by atoms with van der Waals surface area (Å²) in [6, 6.07) is 2.22. The number of hydrogen-bond donors (Lipinski definition) is 1. The van der Waals surface area contributed by atoms with Crippen molar-refractivity contribution in [2.75, 3.05) is 26.2 Å². The highest BCUT2D eigenvalue weighted by Crippen LogP contribution is 2.17. The Bertz CT molecular complexity index is 280. The zero-order chi connectivity index (χ0) is 9.80. The van der Waals surface area contributed by atoms with Gasteiger partial charge in [0.2, 0.25) is 0 Å². The fourth-order valence-electron chi connectivity index (χ4n) is 1.83. The zero-order valence-electron chi connectivity index (χ0n) is 9.16. The Morgan fingerprint density at radius 1 is 1.40 bits per heavy atom. The second-order valence-corrected chi connectivity index (χ2v) is 4.91. The third-order valence-corrected chi connectivity index (χ3v) is 3.78. The van der Waals surface area contributed by atoms with E-state index in [-0.39, 0.29) is 12.4 Å². The molecule has 0 atom stereocenters. The van der Waals surface area contributed by atoms with Crippen molar-refractivity contribution in [1.82, 2.24) is 10.2 Å². The van der Waals surface area contributed by atoms with Gasteiger partial charge in [-0.3, -0.25) is 4.90 Å². The van der Waals surface area contributed by atoms with Crippen LogP contribution < -0.4 is 5.32 Å². The predicted molar refractivity (Wildman–Crippen MR) is 69.1 cm³/mol. The number of rotatable bonds is 2. The lowest BCUT2D eigenvalue weighted by molar-refractivity contribution is 0.286. The Balaban J connectivity index is 0.00000112. The molecular weight excluding hydrogens is 228 g/mol. The molecule has 15 heavy (non-hydrogen) atoms. The van der Waals surface area contributed by atoms with E-state index in [0.29, 0.717) is 0 Å². The molecule has 0 aliphatic carbocycles. The molecule has 0 bridgehead atoms. The summed E-state index contributed by atoms with van der Waals surface area (Å²) >= 11 is 1.89. The van der Waals surface area contributed by atoms with Gasteiger partial charge in [0.1, 0.15) is 0 Å². The maximum atomic E-state index is 3.43. The fourth-order valence-corrected chi connectivity index (χ4v) is 2.78. The Hall–Kier alpha value is -0.0900. The molecule has 1 fully saturated rings. The molecule has 0 amide bonds. The number of halogens is 1. The first kappa shape index (κ1) is 13.0. The molecule has 1 saturated heterocycles. The Morgan fingerprint density at radius 3 is 3.00 bits per heavy atom. The summed E-state index contributed by atoms with van der Waals surface area (Å²) in [6.45, 7) is 8.11. The fraction of sp³-hybridized carbons (Fsp3) is 0.636. The van der Waals surface area contributed by atoms with Crippen molar-refractivity contribution in [2.24, 2.45) is 0 Å². The molecule has 1 aromatic rings. The summed E-state index contributed by atoms with van der Waals surface area (Å²) in [4.78, 5) is 4.09. The van der Waals surface area contributed by atoms with Crippen molar-refractivity contribution in [2.45, 2.75) is 19.9 Å². The highest BCUT2D eigenvalue weighted by Gasteiger charge is 2.10. The Morgan fingerprint density at radius 2 is 2.27 bits per heavy atom. The van der Waals surface area contributed by atoms with E-state index in [9.17, 15) is 0 Å². The van der Waals surface area contributed by atoms with Crippen LogP contribution in [0.4, 0.5) is 0 Å². The lowest BCUT2D eigenvalue weighted by Gasteiger charge is -2.18. The molecule has 2 rings (SSSR count). The SMILES string of the molecule is Cc1ccsc1CN1CCCNCC1.Cl. The molecule has 0 aromatic carbocycles. The minimum absolute atomic E-state index is 0. The van der Waals surface area contributed by atoms with Gasteiger partial charge in [-0.25, -0.2) is 0 Å². The van der Waals surface area contributed by atoms with E-state index in [1.807, 2.05) is 11.3 Å². The molecule has 2 nitrogen and oxygen atoms in total. The van der Waals surface area contributed by atoms with Crippen molar-refractivity contribution >= 4 is 23.7 Å². The smallest absolute Gasteiger partial charge is 0.0331 e. The first-order chi connectivity index (χ1) is 6.86. The van der Waals surface area contributed by atoms with E-state index in [1.54, 1.807) is 0 Å². The first-order valence-corrected chi connectivity index (χ1v) is 6.20. The van der Waals surface area contributed by atoms with Crippen molar-refractivity contribution in [3.05, 3.63) is 21.9 Å². The largest absolute Gasteiger partial charge is 0.315 e. The van der Waals surface area contributed by atoms with Gasteiger partial charge in [-0.1, -0.05) is 0 Å². The van der Waals surface area contributed by atoms with Crippen molar-refractivity contribution in [3.8, 4) is 0 Å². The Kier molecular flexibility index (Phi) is 5.61. The first-order valence-electron chi connectivity index (χ1n) is 5.32. The number of nitrogens with one attached hydrogen (secondary N) is 1. The van der Waals surface area contributed by atoms with E-state index in [2.05, 4.69) is 28.6 Å². The van der Waals surface area contributed by atoms with E-state index < -0.39 is 0 Å². The number of thiophene rings is 1. The van der Waals surface area contributed by atoms with E-state index in [4.69, 9.17) is 0 Å². The van der Waals surface area contributed by atoms with Crippen LogP contribution in [0.1, 0.15) is 16.9 Å². The van der Waals surface area contributed by atoms with E-state index >= 15 is 0 Å². The van der Waals surface area contributed by atoms with E-state index in [1.165, 1.54) is 36.5 Å². The molecule has 0 spiro atoms. The minimum atomic E-state index is 0. The van der Waals surface area contributed by atoms with Crippen LogP contribution in [0.3, 0.4) is 0 Å². The minimum Gasteiger partial charge on any atom is -0.315 e. The molecule has 0 saturated carbocycles. The molecule has 1 N–H and O–H groups in total. The molecule has 0 radical (unpaired) electrons. The van der Waals surface area contributed by atoms with Crippen LogP contribution in [0.2, 0.25) is 0 Å². The summed E-state index contributed by atoms with van der Waals surface area (Å²) < 4.78 is 0. The van der Waals surface area contributed by atoms with Gasteiger partial charge in [-0.05, 0) is 43.4 Å². The average molecular weight is 247 g/mol. The van der Waals surface area contributed by atoms with Crippen molar-refractivity contribution in [3.63, 3.8) is 0 Å². The van der Waals surface area contributed by atoms with Crippen LogP contribution in [0.25, 0.3) is 0 Å². The summed E-state index contributed by atoms with van der Waals surface area (Å²) in [7, 11) is 0. The summed E-state index contributed by atoms with van der Waals surface area (Å²) in [5.74, 6) is 0. The molecule has 2 heterocycles. The third kappa shape index (κ3) is 3.76. The van der Waals surface area contributed by atoms with Gasteiger partial charge in [0.15, 0.2) is 0 Å². The predicted octanol–water partition coefficient (Wildman–Crippen LogP) is 2.27. The molecule has 1 aromatic heterocycles. The Labute approximate surface area is 102 Å². The van der Waals surface area contributed by atoms with Gasteiger partial charge in [0.25, 0.3) is 0 Å². The van der Waals surface area contributed by atoms with Gasteiger partial charge < -0.3 is 5.32 Å². The quantitative estimate of drug-likeness (QED) is 0.862. The maximum absolute atomic E-state index is 3.43. The molecule has 1 aliphatic heterocycles. The van der Waals surface area contributed by atoms with Crippen molar-refractivity contribution in [1.29, 1.82) is 0 Å². The lowest BCUT2D eigenvalue weighted by Crippen LogP contribution is -2.27. The van der Waals surface area contributed by atoms with Crippen LogP contribution >= 0.6 is 23.7 Å². The average Bonchev–Trinajstić information content (AvgIpc) is 2.44. The maximum Gasteiger partial charge on any atom is 0.0331 e. The van der Waals surface area contributed by atoms with Crippen LogP contribution in [0.5, 0.6) is 0 Å². The van der Waals surface area contributed by atoms with Gasteiger partial charge in [0.05, 0.1) is 0 Å². The monoisotopic (exact) mass is 246 g/mol. The standard InChI is InChI=1S/C11H18N2S.ClH/c1-10-3-8-14-11(10)9-13-6-2-4-12-5-7-13;/h3,8,12H,2,4-7,9H2,1H3;1H. The number of nitrogens with zero attached hydrogens (tertiary/aromatic N) is 1. The zero-order valence-corrected chi connectivity index (χ0v) is 10.8. The van der Waals surface area contributed by atoms with E-state index in [0.717, 1.165) is 13.1 Å². The highest BCUT2D eigenvalue weighted by atomic mass is 35.5. The second kappa shape index (κ2) is 6.48. The summed E-state index contributed by atoms with van der Waals surface area (Å²) in [5, 5.41) is 5.63. The molecule has 86 valence electrons. The summed E-state index contributed by atoms with van der Waals surface area (Å²) in [5.41, 5.74) is 1.45. The second-order valence-electron chi connectivity index (χ2n) is 3.91. The van der Waals surface area contributed by atoms with Gasteiger partial charge in [0, 0.05) is 24.5 Å². The molecule has 1 aliphatic rings. The van der Waals surface area contributed by atoms with Crippen LogP contribution in [0, 0.1) is 6.92 Å². The number of hydrogen-bond acceptors (Lipinski definition) is 3. The highest BCUT2D eigenvalue weighted by molar-refractivity contribution is 7.10. The molecular formula is C11H19ClN2S. The lowest BCUT2D eigenvalue weighted by atomic mass is 10.2. The van der Waals surface area contributed by atoms with Crippen molar-refractivity contribution < 1.29 is 0 Å².